The highest BCUT2D eigenvalue weighted by molar-refractivity contribution is 9.11. The van der Waals surface area contributed by atoms with Gasteiger partial charge in [0.2, 0.25) is 11.9 Å². The monoisotopic (exact) mass is 776 g/mol. The third-order valence-electron chi connectivity index (χ3n) is 7.97. The van der Waals surface area contributed by atoms with Crippen molar-refractivity contribution >= 4 is 61.9 Å². The largest absolute Gasteiger partial charge is 0.389 e. The third-order valence-corrected chi connectivity index (χ3v) is 10.7. The van der Waals surface area contributed by atoms with Crippen molar-refractivity contribution in [1.82, 2.24) is 19.9 Å². The number of hydrogen-bond acceptors (Lipinski definition) is 10. The number of benzene rings is 3. The minimum absolute atomic E-state index is 0.502. The van der Waals surface area contributed by atoms with Gasteiger partial charge >= 0.3 is 0 Å². The molecule has 4 heterocycles. The minimum atomic E-state index is -0.515. The molecule has 0 saturated heterocycles. The molecule has 0 aliphatic heterocycles. The number of thiophene rings is 2. The molecule has 8 nitrogen and oxygen atoms in total. The van der Waals surface area contributed by atoms with Crippen LogP contribution in [0.1, 0.15) is 48.3 Å². The number of rotatable bonds is 9. The van der Waals surface area contributed by atoms with Crippen LogP contribution in [-0.2, 0) is 0 Å². The van der Waals surface area contributed by atoms with Crippen LogP contribution in [0.15, 0.2) is 119 Å². The average molecular weight is 778 g/mol. The highest BCUT2D eigenvalue weighted by atomic mass is 79.9. The topological polar surface area (TPSA) is 116 Å². The van der Waals surface area contributed by atoms with Crippen LogP contribution in [-0.4, -0.2) is 30.1 Å². The first-order valence-corrected chi connectivity index (χ1v) is 18.7. The summed E-state index contributed by atoms with van der Waals surface area (Å²) in [7, 11) is 0. The summed E-state index contributed by atoms with van der Waals surface area (Å²) in [5, 5.41) is 25.8. The zero-order chi connectivity index (χ0) is 35.9. The van der Waals surface area contributed by atoms with Gasteiger partial charge in [-0.3, -0.25) is 0 Å². The van der Waals surface area contributed by atoms with Gasteiger partial charge in [0.1, 0.15) is 0 Å². The van der Waals surface area contributed by atoms with Crippen LogP contribution >= 0.6 is 38.6 Å². The first-order valence-electron chi connectivity index (χ1n) is 16.3. The molecule has 258 valence electrons. The summed E-state index contributed by atoms with van der Waals surface area (Å²) < 4.78 is 1.07. The maximum absolute atomic E-state index is 9.78. The van der Waals surface area contributed by atoms with E-state index in [1.54, 1.807) is 48.9 Å². The lowest BCUT2D eigenvalue weighted by molar-refractivity contribution is 0.199. The first kappa shape index (κ1) is 36.0. The van der Waals surface area contributed by atoms with Crippen molar-refractivity contribution in [2.75, 3.05) is 10.6 Å². The van der Waals surface area contributed by atoms with E-state index in [2.05, 4.69) is 85.7 Å². The normalized spacial score (nSPS) is 12.1. The molecule has 2 atom stereocenters. The average Bonchev–Trinajstić information content (AvgIpc) is 3.79. The van der Waals surface area contributed by atoms with Gasteiger partial charge in [0, 0.05) is 28.6 Å². The van der Waals surface area contributed by atoms with Crippen LogP contribution in [0.3, 0.4) is 0 Å². The van der Waals surface area contributed by atoms with Gasteiger partial charge in [0.25, 0.3) is 0 Å². The minimum Gasteiger partial charge on any atom is -0.389 e. The fourth-order valence-corrected chi connectivity index (χ4v) is 7.90. The van der Waals surface area contributed by atoms with Crippen LogP contribution in [0, 0.1) is 13.8 Å². The van der Waals surface area contributed by atoms with E-state index in [4.69, 9.17) is 4.98 Å². The zero-order valence-corrected chi connectivity index (χ0v) is 31.7. The van der Waals surface area contributed by atoms with Gasteiger partial charge in [0.05, 0.1) is 37.1 Å². The summed E-state index contributed by atoms with van der Waals surface area (Å²) in [5.41, 5.74) is 9.02. The number of aliphatic hydroxyl groups is 2. The van der Waals surface area contributed by atoms with E-state index in [-0.39, 0.29) is 0 Å². The third kappa shape index (κ3) is 9.32. The molecular weight excluding hydrogens is 741 g/mol. The van der Waals surface area contributed by atoms with Crippen molar-refractivity contribution in [2.24, 2.45) is 0 Å². The Kier molecular flexibility index (Phi) is 11.7. The molecule has 0 fully saturated rings. The number of aryl methyl sites for hydroxylation is 2. The second-order valence-electron chi connectivity index (χ2n) is 11.9. The zero-order valence-electron chi connectivity index (χ0n) is 28.5. The lowest BCUT2D eigenvalue weighted by Gasteiger charge is -2.09. The Hall–Kier alpha value is -4.78. The van der Waals surface area contributed by atoms with E-state index in [0.29, 0.717) is 11.9 Å². The number of nitrogens with zero attached hydrogens (tertiary/aromatic N) is 4. The van der Waals surface area contributed by atoms with Gasteiger partial charge in [0.15, 0.2) is 0 Å². The molecule has 4 aromatic heterocycles. The van der Waals surface area contributed by atoms with Crippen LogP contribution < -0.4 is 10.6 Å². The van der Waals surface area contributed by atoms with E-state index < -0.39 is 12.2 Å². The number of anilines is 4. The maximum Gasteiger partial charge on any atom is 0.227 e. The van der Waals surface area contributed by atoms with Gasteiger partial charge in [-0.15, -0.1) is 22.7 Å². The molecule has 11 heteroatoms. The molecular formula is C40H37BrN6O2S2. The molecule has 4 N–H and O–H groups in total. The quantitative estimate of drug-likeness (QED) is 0.114. The van der Waals surface area contributed by atoms with Gasteiger partial charge in [-0.2, -0.15) is 0 Å². The van der Waals surface area contributed by atoms with Crippen LogP contribution in [0.4, 0.5) is 23.3 Å². The van der Waals surface area contributed by atoms with Crippen molar-refractivity contribution in [3.63, 3.8) is 0 Å². The molecule has 51 heavy (non-hydrogen) atoms. The van der Waals surface area contributed by atoms with Crippen LogP contribution in [0.5, 0.6) is 0 Å². The van der Waals surface area contributed by atoms with E-state index in [1.165, 1.54) is 21.6 Å². The van der Waals surface area contributed by atoms with Crippen molar-refractivity contribution in [3.8, 4) is 31.6 Å². The fourth-order valence-electron chi connectivity index (χ4n) is 5.39. The second-order valence-corrected chi connectivity index (χ2v) is 15.5. The molecule has 0 aliphatic carbocycles. The van der Waals surface area contributed by atoms with Gasteiger partial charge in [-0.1, -0.05) is 42.5 Å². The molecule has 2 unspecified atom stereocenters. The molecule has 0 saturated carbocycles. The highest BCUT2D eigenvalue weighted by Gasteiger charge is 2.12. The van der Waals surface area contributed by atoms with Gasteiger partial charge in [-0.05, 0) is 132 Å². The van der Waals surface area contributed by atoms with Gasteiger partial charge in [-0.25, -0.2) is 19.9 Å². The van der Waals surface area contributed by atoms with Crippen LogP contribution in [0.2, 0.25) is 0 Å². The van der Waals surface area contributed by atoms with Crippen LogP contribution in [0.25, 0.3) is 31.6 Å². The number of aromatic nitrogens is 4. The Morgan fingerprint density at radius 3 is 1.55 bits per heavy atom. The van der Waals surface area contributed by atoms with E-state index in [0.717, 1.165) is 47.4 Å². The molecule has 0 aliphatic rings. The standard InChI is InChI=1S/C24H23N3OS.C16H14BrN3OS/c1-15-6-4-7-16(2)23(15)22-11-10-21(29-22)20-12-13-25-24(27-20)26-19-9-5-8-18(14-19)17(3)28;1-10(21)11-3-2-4-12(9-11)19-16-18-8-7-13(20-16)14-5-6-15(17)22-14/h4-14,17,28H,1-3H3,(H,25,26,27);2-10,21H,1H3,(H,18,19,20). The van der Waals surface area contributed by atoms with Gasteiger partial charge < -0.3 is 20.8 Å². The fraction of sp³-hybridized carbons (Fsp3) is 0.150. The number of hydrogen-bond donors (Lipinski definition) is 4. The summed E-state index contributed by atoms with van der Waals surface area (Å²) in [6.45, 7) is 7.79. The SMILES string of the molecule is CC(O)c1cccc(Nc2nccc(-c3ccc(Br)s3)n2)c1.Cc1cccc(C)c1-c1ccc(-c2ccnc(Nc3cccc(C(C)O)c3)n2)s1. The predicted octanol–water partition coefficient (Wildman–Crippen LogP) is 11.1. The number of aliphatic hydroxyl groups excluding tert-OH is 2. The first-order chi connectivity index (χ1) is 24.6. The lowest BCUT2D eigenvalue weighted by Crippen LogP contribution is -1.99. The summed E-state index contributed by atoms with van der Waals surface area (Å²) in [4.78, 5) is 21.2. The summed E-state index contributed by atoms with van der Waals surface area (Å²) in [6.07, 6.45) is 2.48. The summed E-state index contributed by atoms with van der Waals surface area (Å²) in [5.74, 6) is 1.07. The molecule has 7 aromatic rings. The molecule has 0 amide bonds. The predicted molar refractivity (Wildman–Crippen MR) is 214 cm³/mol. The maximum atomic E-state index is 9.78. The van der Waals surface area contributed by atoms with E-state index in [9.17, 15) is 10.2 Å². The number of halogens is 1. The Bertz CT molecular complexity index is 2230. The molecule has 0 spiro atoms. The second kappa shape index (κ2) is 16.5. The molecule has 0 bridgehead atoms. The molecule has 3 aromatic carbocycles. The van der Waals surface area contributed by atoms with Crippen molar-refractivity contribution in [2.45, 2.75) is 39.9 Å². The Labute approximate surface area is 314 Å². The van der Waals surface area contributed by atoms with Crippen molar-refractivity contribution < 1.29 is 10.2 Å². The smallest absolute Gasteiger partial charge is 0.227 e. The van der Waals surface area contributed by atoms with Crippen molar-refractivity contribution in [1.29, 1.82) is 0 Å². The number of nitrogens with one attached hydrogen (secondary N) is 2. The lowest BCUT2D eigenvalue weighted by atomic mass is 10.0. The Balaban J connectivity index is 0.000000183. The highest BCUT2D eigenvalue weighted by Crippen LogP contribution is 2.37. The van der Waals surface area contributed by atoms with Crippen molar-refractivity contribution in [3.05, 3.63) is 142 Å². The Morgan fingerprint density at radius 1 is 0.588 bits per heavy atom. The summed E-state index contributed by atoms with van der Waals surface area (Å²) in [6, 6.07) is 33.7. The van der Waals surface area contributed by atoms with E-state index in [1.807, 2.05) is 72.8 Å². The summed E-state index contributed by atoms with van der Waals surface area (Å²) >= 11 is 6.82. The Morgan fingerprint density at radius 2 is 1.06 bits per heavy atom. The van der Waals surface area contributed by atoms with E-state index >= 15 is 0 Å². The molecule has 7 rings (SSSR count). The molecule has 0 radical (unpaired) electrons.